The van der Waals surface area contributed by atoms with Gasteiger partial charge in [-0.25, -0.2) is 14.0 Å². The molecule has 0 bridgehead atoms. The number of urea groups is 1. The first kappa shape index (κ1) is 16.7. The van der Waals surface area contributed by atoms with Crippen molar-refractivity contribution in [1.29, 1.82) is 0 Å². The average molecular weight is 340 g/mol. The first-order chi connectivity index (χ1) is 12.1. The molecule has 1 unspecified atom stereocenters. The summed E-state index contributed by atoms with van der Waals surface area (Å²) in [6.45, 7) is 1.91. The Bertz CT molecular complexity index is 816. The highest BCUT2D eigenvalue weighted by molar-refractivity contribution is 6.04. The maximum absolute atomic E-state index is 13.2. The van der Waals surface area contributed by atoms with Gasteiger partial charge in [-0.1, -0.05) is 42.5 Å². The van der Waals surface area contributed by atoms with Gasteiger partial charge in [0.2, 0.25) is 0 Å². The Morgan fingerprint density at radius 2 is 1.80 bits per heavy atom. The zero-order valence-corrected chi connectivity index (χ0v) is 13.6. The van der Waals surface area contributed by atoms with E-state index in [1.54, 1.807) is 19.1 Å². The van der Waals surface area contributed by atoms with Gasteiger partial charge < -0.3 is 15.4 Å². The van der Waals surface area contributed by atoms with E-state index in [1.165, 1.54) is 24.3 Å². The summed E-state index contributed by atoms with van der Waals surface area (Å²) >= 11 is 0. The Balaban J connectivity index is 2.16. The van der Waals surface area contributed by atoms with Crippen molar-refractivity contribution in [3.63, 3.8) is 0 Å². The Kier molecular flexibility index (Phi) is 4.79. The smallest absolute Gasteiger partial charge is 0.338 e. The summed E-state index contributed by atoms with van der Waals surface area (Å²) < 4.78 is 18.4. The SMILES string of the molecule is CCOC(=O)C1=C(c2ccccc2)NC(=O)NC1c1ccc(F)cc1. The molecule has 2 aromatic carbocycles. The molecule has 5 nitrogen and oxygen atoms in total. The van der Waals surface area contributed by atoms with Crippen LogP contribution >= 0.6 is 0 Å². The van der Waals surface area contributed by atoms with Gasteiger partial charge in [-0.3, -0.25) is 0 Å². The van der Waals surface area contributed by atoms with E-state index in [-0.39, 0.29) is 12.2 Å². The number of ether oxygens (including phenoxy) is 1. The van der Waals surface area contributed by atoms with Gasteiger partial charge >= 0.3 is 12.0 Å². The van der Waals surface area contributed by atoms with Crippen molar-refractivity contribution in [2.24, 2.45) is 0 Å². The molecule has 2 aromatic rings. The van der Waals surface area contributed by atoms with Crippen molar-refractivity contribution >= 4 is 17.7 Å². The standard InChI is InChI=1S/C19H17FN2O3/c1-2-25-18(23)15-16(12-6-4-3-5-7-12)21-19(24)22-17(15)13-8-10-14(20)11-9-13/h3-11,17H,2H2,1H3,(H2,21,22,24). The van der Waals surface area contributed by atoms with Gasteiger partial charge in [0, 0.05) is 0 Å². The number of nitrogens with one attached hydrogen (secondary N) is 2. The molecule has 0 radical (unpaired) electrons. The average Bonchev–Trinajstić information content (AvgIpc) is 2.62. The minimum atomic E-state index is -0.733. The summed E-state index contributed by atoms with van der Waals surface area (Å²) in [7, 11) is 0. The number of hydrogen-bond donors (Lipinski definition) is 2. The first-order valence-electron chi connectivity index (χ1n) is 7.90. The number of amides is 2. The fraction of sp³-hybridized carbons (Fsp3) is 0.158. The van der Waals surface area contributed by atoms with E-state index in [2.05, 4.69) is 10.6 Å². The fourth-order valence-corrected chi connectivity index (χ4v) is 2.73. The van der Waals surface area contributed by atoms with Crippen LogP contribution in [0, 0.1) is 5.82 Å². The third kappa shape index (κ3) is 3.52. The third-order valence-corrected chi connectivity index (χ3v) is 3.83. The highest BCUT2D eigenvalue weighted by Crippen LogP contribution is 2.31. The van der Waals surface area contributed by atoms with Crippen LogP contribution in [0.3, 0.4) is 0 Å². The van der Waals surface area contributed by atoms with Crippen molar-refractivity contribution < 1.29 is 18.7 Å². The van der Waals surface area contributed by atoms with Crippen molar-refractivity contribution in [1.82, 2.24) is 10.6 Å². The van der Waals surface area contributed by atoms with Crippen molar-refractivity contribution in [3.8, 4) is 0 Å². The lowest BCUT2D eigenvalue weighted by Gasteiger charge is -2.29. The molecular formula is C19H17FN2O3. The molecule has 0 saturated carbocycles. The molecule has 128 valence electrons. The van der Waals surface area contributed by atoms with Crippen LogP contribution in [0.5, 0.6) is 0 Å². The zero-order chi connectivity index (χ0) is 17.8. The molecule has 1 aliphatic heterocycles. The predicted molar refractivity (Wildman–Crippen MR) is 90.8 cm³/mol. The van der Waals surface area contributed by atoms with Crippen LogP contribution < -0.4 is 10.6 Å². The Labute approximate surface area is 144 Å². The molecule has 25 heavy (non-hydrogen) atoms. The second-order valence-electron chi connectivity index (χ2n) is 5.46. The van der Waals surface area contributed by atoms with Crippen molar-refractivity contribution in [3.05, 3.63) is 77.1 Å². The van der Waals surface area contributed by atoms with Gasteiger partial charge in [-0.2, -0.15) is 0 Å². The van der Waals surface area contributed by atoms with Crippen LogP contribution in [0.2, 0.25) is 0 Å². The summed E-state index contributed by atoms with van der Waals surface area (Å²) in [6, 6.07) is 13.5. The molecule has 6 heteroatoms. The van der Waals surface area contributed by atoms with Gasteiger partial charge in [0.1, 0.15) is 5.82 Å². The summed E-state index contributed by atoms with van der Waals surface area (Å²) in [5, 5.41) is 5.40. The van der Waals surface area contributed by atoms with Crippen LogP contribution in [-0.4, -0.2) is 18.6 Å². The molecule has 2 amide bonds. The number of carbonyl (C=O) groups is 2. The molecular weight excluding hydrogens is 323 g/mol. The molecule has 0 spiro atoms. The second kappa shape index (κ2) is 7.17. The number of benzene rings is 2. The number of esters is 1. The number of halogens is 1. The van der Waals surface area contributed by atoms with Gasteiger partial charge in [-0.15, -0.1) is 0 Å². The lowest BCUT2D eigenvalue weighted by atomic mass is 9.92. The van der Waals surface area contributed by atoms with E-state index in [0.717, 1.165) is 0 Å². The Morgan fingerprint density at radius 1 is 1.12 bits per heavy atom. The Hall–Kier alpha value is -3.15. The van der Waals surface area contributed by atoms with E-state index >= 15 is 0 Å². The van der Waals surface area contributed by atoms with Crippen LogP contribution in [0.25, 0.3) is 5.70 Å². The van der Waals surface area contributed by atoms with Gasteiger partial charge in [0.25, 0.3) is 0 Å². The highest BCUT2D eigenvalue weighted by atomic mass is 19.1. The van der Waals surface area contributed by atoms with Crippen LogP contribution in [-0.2, 0) is 9.53 Å². The molecule has 2 N–H and O–H groups in total. The van der Waals surface area contributed by atoms with Crippen molar-refractivity contribution in [2.75, 3.05) is 6.61 Å². The maximum Gasteiger partial charge on any atom is 0.338 e. The van der Waals surface area contributed by atoms with E-state index in [1.807, 2.05) is 18.2 Å². The zero-order valence-electron chi connectivity index (χ0n) is 13.6. The topological polar surface area (TPSA) is 67.4 Å². The first-order valence-corrected chi connectivity index (χ1v) is 7.90. The van der Waals surface area contributed by atoms with E-state index in [0.29, 0.717) is 16.8 Å². The predicted octanol–water partition coefficient (Wildman–Crippen LogP) is 3.15. The fourth-order valence-electron chi connectivity index (χ4n) is 2.73. The van der Waals surface area contributed by atoms with E-state index in [4.69, 9.17) is 4.74 Å². The summed E-state index contributed by atoms with van der Waals surface area (Å²) in [6.07, 6.45) is 0. The highest BCUT2D eigenvalue weighted by Gasteiger charge is 2.34. The summed E-state index contributed by atoms with van der Waals surface area (Å²) in [5.41, 5.74) is 1.94. The van der Waals surface area contributed by atoms with Gasteiger partial charge in [0.15, 0.2) is 0 Å². The summed E-state index contributed by atoms with van der Waals surface area (Å²) in [4.78, 5) is 24.7. The quantitative estimate of drug-likeness (QED) is 0.840. The monoisotopic (exact) mass is 340 g/mol. The second-order valence-corrected chi connectivity index (χ2v) is 5.46. The molecule has 0 saturated heterocycles. The molecule has 0 fully saturated rings. The van der Waals surface area contributed by atoms with Gasteiger partial charge in [0.05, 0.1) is 23.9 Å². The lowest BCUT2D eigenvalue weighted by Crippen LogP contribution is -2.45. The molecule has 0 aliphatic carbocycles. The van der Waals surface area contributed by atoms with E-state index in [9.17, 15) is 14.0 Å². The molecule has 1 heterocycles. The number of carbonyl (C=O) groups excluding carboxylic acids is 2. The molecule has 1 atom stereocenters. The van der Waals surface area contributed by atoms with Crippen LogP contribution in [0.15, 0.2) is 60.2 Å². The van der Waals surface area contributed by atoms with Crippen LogP contribution in [0.1, 0.15) is 24.1 Å². The molecule has 0 aromatic heterocycles. The maximum atomic E-state index is 13.2. The van der Waals surface area contributed by atoms with E-state index < -0.39 is 23.9 Å². The van der Waals surface area contributed by atoms with Crippen LogP contribution in [0.4, 0.5) is 9.18 Å². The minimum absolute atomic E-state index is 0.203. The largest absolute Gasteiger partial charge is 0.463 e. The molecule has 1 aliphatic rings. The van der Waals surface area contributed by atoms with Crippen molar-refractivity contribution in [2.45, 2.75) is 13.0 Å². The minimum Gasteiger partial charge on any atom is -0.463 e. The normalized spacial score (nSPS) is 16.9. The number of rotatable bonds is 4. The molecule has 3 rings (SSSR count). The third-order valence-electron chi connectivity index (χ3n) is 3.83. The Morgan fingerprint density at radius 3 is 2.44 bits per heavy atom. The number of hydrogen-bond acceptors (Lipinski definition) is 3. The lowest BCUT2D eigenvalue weighted by molar-refractivity contribution is -0.138. The van der Waals surface area contributed by atoms with Gasteiger partial charge in [-0.05, 0) is 30.2 Å². The summed E-state index contributed by atoms with van der Waals surface area (Å²) in [5.74, 6) is -0.933.